The molecule has 1 unspecified atom stereocenters. The summed E-state index contributed by atoms with van der Waals surface area (Å²) in [6.45, 7) is 6.33. The van der Waals surface area contributed by atoms with Crippen molar-refractivity contribution >= 4 is 12.2 Å². The Balaban J connectivity index is 2.80. The summed E-state index contributed by atoms with van der Waals surface area (Å²) in [5.74, 6) is 0.698. The predicted molar refractivity (Wildman–Crippen MR) is 58.1 cm³/mol. The first-order valence-electron chi connectivity index (χ1n) is 4.61. The van der Waals surface area contributed by atoms with Gasteiger partial charge in [-0.3, -0.25) is 0 Å². The average molecular weight is 213 g/mol. The molecular weight excluding hydrogens is 198 g/mol. The molecule has 1 heterocycles. The molecule has 0 amide bonds. The molecule has 0 aliphatic heterocycles. The summed E-state index contributed by atoms with van der Waals surface area (Å²) in [5.41, 5.74) is 0.920. The van der Waals surface area contributed by atoms with E-state index in [1.165, 1.54) is 0 Å². The van der Waals surface area contributed by atoms with E-state index < -0.39 is 0 Å². The van der Waals surface area contributed by atoms with E-state index in [1.54, 1.807) is 12.3 Å². The van der Waals surface area contributed by atoms with Crippen LogP contribution < -0.4 is 4.74 Å². The van der Waals surface area contributed by atoms with E-state index in [9.17, 15) is 0 Å². The molecule has 0 bridgehead atoms. The topological polar surface area (TPSA) is 34.2 Å². The van der Waals surface area contributed by atoms with Gasteiger partial charge in [-0.15, -0.1) is 0 Å². The van der Waals surface area contributed by atoms with Gasteiger partial charge in [0.25, 0.3) is 0 Å². The minimum Gasteiger partial charge on any atom is -0.462 e. The molecule has 14 heavy (non-hydrogen) atoms. The molecule has 0 radical (unpaired) electrons. The first-order chi connectivity index (χ1) is 6.65. The Bertz CT molecular complexity index is 348. The third-order valence-corrected chi connectivity index (χ3v) is 2.11. The van der Waals surface area contributed by atoms with E-state index in [0.29, 0.717) is 16.9 Å². The number of rotatable bonds is 4. The second-order valence-corrected chi connectivity index (χ2v) is 3.38. The van der Waals surface area contributed by atoms with Crippen molar-refractivity contribution < 1.29 is 9.47 Å². The number of pyridine rings is 1. The monoisotopic (exact) mass is 213 g/mol. The first-order valence-corrected chi connectivity index (χ1v) is 5.02. The van der Waals surface area contributed by atoms with Gasteiger partial charge in [-0.1, -0.05) is 12.2 Å². The second kappa shape index (κ2) is 5.12. The SMILES string of the molecule is CCOC(C)Oc1c(C)[nH]ccc1=S. The molecule has 3 nitrogen and oxygen atoms in total. The van der Waals surface area contributed by atoms with Crippen molar-refractivity contribution in [2.75, 3.05) is 6.61 Å². The minimum atomic E-state index is -0.267. The van der Waals surface area contributed by atoms with Crippen molar-refractivity contribution in [3.8, 4) is 5.75 Å². The molecule has 0 fully saturated rings. The second-order valence-electron chi connectivity index (χ2n) is 2.94. The lowest BCUT2D eigenvalue weighted by atomic mass is 10.3. The summed E-state index contributed by atoms with van der Waals surface area (Å²) >= 11 is 5.14. The van der Waals surface area contributed by atoms with Gasteiger partial charge in [0, 0.05) is 12.8 Å². The van der Waals surface area contributed by atoms with Crippen molar-refractivity contribution in [1.82, 2.24) is 4.98 Å². The number of aromatic amines is 1. The standard InChI is InChI=1S/C10H15NO2S/c1-4-12-8(3)13-10-7(2)11-6-5-9(10)14/h5-6,8H,4H2,1-3H3,(H,11,14). The number of ether oxygens (including phenoxy) is 2. The molecule has 1 aromatic heterocycles. The highest BCUT2D eigenvalue weighted by molar-refractivity contribution is 7.71. The molecule has 78 valence electrons. The van der Waals surface area contributed by atoms with E-state index in [-0.39, 0.29) is 6.29 Å². The summed E-state index contributed by atoms with van der Waals surface area (Å²) in [6.07, 6.45) is 1.53. The Kier molecular flexibility index (Phi) is 4.10. The van der Waals surface area contributed by atoms with Crippen molar-refractivity contribution in [3.63, 3.8) is 0 Å². The highest BCUT2D eigenvalue weighted by Gasteiger charge is 2.06. The van der Waals surface area contributed by atoms with E-state index in [2.05, 4.69) is 4.98 Å². The Morgan fingerprint density at radius 3 is 2.86 bits per heavy atom. The summed E-state index contributed by atoms with van der Waals surface area (Å²) < 4.78 is 11.5. The molecule has 0 aliphatic rings. The van der Waals surface area contributed by atoms with E-state index >= 15 is 0 Å². The Labute approximate surface area is 89.1 Å². The van der Waals surface area contributed by atoms with Gasteiger partial charge in [0.2, 0.25) is 0 Å². The normalized spacial score (nSPS) is 12.5. The Hall–Kier alpha value is -0.870. The number of nitrogens with one attached hydrogen (secondary N) is 1. The minimum absolute atomic E-state index is 0.267. The summed E-state index contributed by atoms with van der Waals surface area (Å²) in [5, 5.41) is 0. The van der Waals surface area contributed by atoms with Crippen LogP contribution in [0.3, 0.4) is 0 Å². The van der Waals surface area contributed by atoms with Gasteiger partial charge < -0.3 is 14.5 Å². The van der Waals surface area contributed by atoms with Crippen molar-refractivity contribution in [1.29, 1.82) is 0 Å². The molecule has 0 aromatic carbocycles. The highest BCUT2D eigenvalue weighted by atomic mass is 32.1. The maximum Gasteiger partial charge on any atom is 0.197 e. The summed E-state index contributed by atoms with van der Waals surface area (Å²) in [4.78, 5) is 3.04. The molecule has 4 heteroatoms. The van der Waals surface area contributed by atoms with Crippen molar-refractivity contribution in [2.24, 2.45) is 0 Å². The van der Waals surface area contributed by atoms with Gasteiger partial charge in [0.05, 0.1) is 10.2 Å². The summed E-state index contributed by atoms with van der Waals surface area (Å²) in [6, 6.07) is 1.80. The zero-order chi connectivity index (χ0) is 10.6. The smallest absolute Gasteiger partial charge is 0.197 e. The van der Waals surface area contributed by atoms with Crippen LogP contribution in [0.15, 0.2) is 12.3 Å². The van der Waals surface area contributed by atoms with Crippen LogP contribution in [0.5, 0.6) is 5.75 Å². The zero-order valence-corrected chi connectivity index (χ0v) is 9.48. The average Bonchev–Trinajstić information content (AvgIpc) is 2.12. The lowest BCUT2D eigenvalue weighted by Crippen LogP contribution is -2.16. The molecule has 0 aliphatic carbocycles. The maximum absolute atomic E-state index is 5.56. The van der Waals surface area contributed by atoms with Crippen LogP contribution in [0.1, 0.15) is 19.5 Å². The fraction of sp³-hybridized carbons (Fsp3) is 0.500. The Morgan fingerprint density at radius 1 is 1.57 bits per heavy atom. The number of H-pyrrole nitrogens is 1. The molecule has 0 saturated heterocycles. The van der Waals surface area contributed by atoms with Crippen molar-refractivity contribution in [3.05, 3.63) is 22.5 Å². The van der Waals surface area contributed by atoms with Crippen LogP contribution in [-0.2, 0) is 4.74 Å². The predicted octanol–water partition coefficient (Wildman–Crippen LogP) is 2.81. The van der Waals surface area contributed by atoms with Crippen LogP contribution in [-0.4, -0.2) is 17.9 Å². The van der Waals surface area contributed by atoms with Crippen LogP contribution in [0.25, 0.3) is 0 Å². The van der Waals surface area contributed by atoms with Crippen LogP contribution in [0.4, 0.5) is 0 Å². The molecular formula is C10H15NO2S. The van der Waals surface area contributed by atoms with Gasteiger partial charge in [-0.05, 0) is 26.8 Å². The van der Waals surface area contributed by atoms with Gasteiger partial charge >= 0.3 is 0 Å². The number of aryl methyl sites for hydroxylation is 1. The van der Waals surface area contributed by atoms with Crippen molar-refractivity contribution in [2.45, 2.75) is 27.1 Å². The Morgan fingerprint density at radius 2 is 2.29 bits per heavy atom. The maximum atomic E-state index is 5.56. The molecule has 1 aromatic rings. The third-order valence-electron chi connectivity index (χ3n) is 1.78. The summed E-state index contributed by atoms with van der Waals surface area (Å²) in [7, 11) is 0. The van der Waals surface area contributed by atoms with Gasteiger partial charge in [0.1, 0.15) is 0 Å². The van der Waals surface area contributed by atoms with Crippen LogP contribution >= 0.6 is 12.2 Å². The molecule has 1 N–H and O–H groups in total. The number of aromatic nitrogens is 1. The quantitative estimate of drug-likeness (QED) is 0.617. The number of hydrogen-bond donors (Lipinski definition) is 1. The highest BCUT2D eigenvalue weighted by Crippen LogP contribution is 2.18. The van der Waals surface area contributed by atoms with E-state index in [1.807, 2.05) is 20.8 Å². The van der Waals surface area contributed by atoms with Gasteiger partial charge in [-0.25, -0.2) is 0 Å². The largest absolute Gasteiger partial charge is 0.462 e. The zero-order valence-electron chi connectivity index (χ0n) is 8.66. The van der Waals surface area contributed by atoms with E-state index in [4.69, 9.17) is 21.7 Å². The first kappa shape index (κ1) is 11.2. The fourth-order valence-corrected chi connectivity index (χ4v) is 1.42. The third kappa shape index (κ3) is 2.82. The molecule has 1 atom stereocenters. The lowest BCUT2D eigenvalue weighted by molar-refractivity contribution is -0.0621. The number of hydrogen-bond acceptors (Lipinski definition) is 3. The fourth-order valence-electron chi connectivity index (χ4n) is 1.15. The molecule has 0 saturated carbocycles. The molecule has 1 rings (SSSR count). The molecule has 0 spiro atoms. The van der Waals surface area contributed by atoms with Crippen LogP contribution in [0, 0.1) is 11.4 Å². The van der Waals surface area contributed by atoms with Gasteiger partial charge in [0.15, 0.2) is 12.0 Å². The van der Waals surface area contributed by atoms with Gasteiger partial charge in [-0.2, -0.15) is 0 Å². The van der Waals surface area contributed by atoms with E-state index in [0.717, 1.165) is 5.69 Å². The van der Waals surface area contributed by atoms with Crippen LogP contribution in [0.2, 0.25) is 0 Å². The lowest BCUT2D eigenvalue weighted by Gasteiger charge is -2.15.